The summed E-state index contributed by atoms with van der Waals surface area (Å²) in [5, 5.41) is 5.39. The summed E-state index contributed by atoms with van der Waals surface area (Å²) >= 11 is 0. The molecule has 0 atom stereocenters. The van der Waals surface area contributed by atoms with Gasteiger partial charge in [0.15, 0.2) is 0 Å². The molecule has 130 valence electrons. The first-order valence-electron chi connectivity index (χ1n) is 7.08. The molecule has 0 aromatic heterocycles. The van der Waals surface area contributed by atoms with Gasteiger partial charge in [0.1, 0.15) is 18.1 Å². The highest BCUT2D eigenvalue weighted by atomic mass is 16.5. The third kappa shape index (κ3) is 6.82. The van der Waals surface area contributed by atoms with Gasteiger partial charge in [-0.2, -0.15) is 0 Å². The van der Waals surface area contributed by atoms with Crippen LogP contribution >= 0.6 is 0 Å². The molecule has 1 aromatic carbocycles. The molecule has 0 saturated carbocycles. The highest BCUT2D eigenvalue weighted by Gasteiger charge is 2.13. The maximum Gasteiger partial charge on any atom is 0.354 e. The summed E-state index contributed by atoms with van der Waals surface area (Å²) in [6.45, 7) is 2.10. The lowest BCUT2D eigenvalue weighted by Gasteiger charge is -2.11. The first-order valence-corrected chi connectivity index (χ1v) is 7.08. The molecule has 8 heteroatoms. The molecule has 0 radical (unpaired) electrons. The van der Waals surface area contributed by atoms with Crippen LogP contribution in [-0.4, -0.2) is 45.2 Å². The molecule has 0 spiro atoms. The molecule has 0 aliphatic rings. The fraction of sp³-hybridized carbons (Fsp3) is 0.312. The maximum atomic E-state index is 11.7. The zero-order chi connectivity index (χ0) is 17.9. The van der Waals surface area contributed by atoms with Gasteiger partial charge in [-0.05, 0) is 12.1 Å². The van der Waals surface area contributed by atoms with E-state index in [1.807, 2.05) is 0 Å². The summed E-state index contributed by atoms with van der Waals surface area (Å²) in [4.78, 5) is 33.8. The van der Waals surface area contributed by atoms with Gasteiger partial charge in [0, 0.05) is 18.7 Å². The molecule has 24 heavy (non-hydrogen) atoms. The Kier molecular flexibility index (Phi) is 7.83. The molecule has 1 rings (SSSR count). The standard InChI is InChI=1S/C16H20N2O6/c1-11(19)17-7-8-24-13-6-4-5-12(9-13)18-14(16(21)23-3)10-15(20)22-2/h4-6,9-10,18H,7-8H2,1-3H3,(H,17,19)/b14-10+. The van der Waals surface area contributed by atoms with Crippen molar-refractivity contribution in [2.24, 2.45) is 0 Å². The van der Waals surface area contributed by atoms with Crippen LogP contribution in [-0.2, 0) is 23.9 Å². The van der Waals surface area contributed by atoms with Gasteiger partial charge >= 0.3 is 11.9 Å². The van der Waals surface area contributed by atoms with Gasteiger partial charge in [-0.3, -0.25) is 4.79 Å². The number of amides is 1. The first kappa shape index (κ1) is 19.0. The number of anilines is 1. The van der Waals surface area contributed by atoms with E-state index in [1.54, 1.807) is 24.3 Å². The second-order valence-corrected chi connectivity index (χ2v) is 4.56. The van der Waals surface area contributed by atoms with Crippen LogP contribution in [0.2, 0.25) is 0 Å². The van der Waals surface area contributed by atoms with Crippen LogP contribution in [0.3, 0.4) is 0 Å². The Morgan fingerprint density at radius 2 is 1.92 bits per heavy atom. The van der Waals surface area contributed by atoms with Crippen LogP contribution in [0.4, 0.5) is 5.69 Å². The second-order valence-electron chi connectivity index (χ2n) is 4.56. The number of rotatable bonds is 8. The lowest BCUT2D eigenvalue weighted by Crippen LogP contribution is -2.25. The molecule has 0 fully saturated rings. The summed E-state index contributed by atoms with van der Waals surface area (Å²) < 4.78 is 14.6. The molecule has 0 aliphatic carbocycles. The quantitative estimate of drug-likeness (QED) is 0.412. The Bertz CT molecular complexity index is 627. The molecule has 8 nitrogen and oxygen atoms in total. The fourth-order valence-corrected chi connectivity index (χ4v) is 1.65. The third-order valence-corrected chi connectivity index (χ3v) is 2.73. The van der Waals surface area contributed by atoms with E-state index in [2.05, 4.69) is 20.1 Å². The highest BCUT2D eigenvalue weighted by Crippen LogP contribution is 2.19. The number of ether oxygens (including phenoxy) is 3. The van der Waals surface area contributed by atoms with Gasteiger partial charge in [-0.1, -0.05) is 6.07 Å². The summed E-state index contributed by atoms with van der Waals surface area (Å²) in [6, 6.07) is 6.76. The molecule has 0 heterocycles. The third-order valence-electron chi connectivity index (χ3n) is 2.73. The Morgan fingerprint density at radius 1 is 1.17 bits per heavy atom. The molecule has 0 aliphatic heterocycles. The summed E-state index contributed by atoms with van der Waals surface area (Å²) in [5.41, 5.74) is 0.451. The number of hydrogen-bond acceptors (Lipinski definition) is 7. The topological polar surface area (TPSA) is 103 Å². The van der Waals surface area contributed by atoms with Crippen molar-refractivity contribution in [1.82, 2.24) is 5.32 Å². The Balaban J connectivity index is 2.76. The van der Waals surface area contributed by atoms with E-state index in [9.17, 15) is 14.4 Å². The van der Waals surface area contributed by atoms with Gasteiger partial charge < -0.3 is 24.8 Å². The lowest BCUT2D eigenvalue weighted by atomic mass is 10.2. The Hall–Kier alpha value is -3.03. The van der Waals surface area contributed by atoms with Crippen LogP contribution in [0, 0.1) is 0 Å². The SMILES string of the molecule is COC(=O)/C=C(/Nc1cccc(OCCNC(C)=O)c1)C(=O)OC. The number of nitrogens with one attached hydrogen (secondary N) is 2. The lowest BCUT2D eigenvalue weighted by molar-refractivity contribution is -0.138. The molecule has 1 amide bonds. The van der Waals surface area contributed by atoms with Crippen LogP contribution < -0.4 is 15.4 Å². The molecule has 0 unspecified atom stereocenters. The number of carbonyl (C=O) groups excluding carboxylic acids is 3. The van der Waals surface area contributed by atoms with Crippen LogP contribution in [0.15, 0.2) is 36.0 Å². The average Bonchev–Trinajstić information content (AvgIpc) is 2.57. The van der Waals surface area contributed by atoms with Gasteiger partial charge in [-0.15, -0.1) is 0 Å². The van der Waals surface area contributed by atoms with Crippen LogP contribution in [0.1, 0.15) is 6.92 Å². The smallest absolute Gasteiger partial charge is 0.354 e. The number of methoxy groups -OCH3 is 2. The predicted octanol–water partition coefficient (Wildman–Crippen LogP) is 0.843. The zero-order valence-electron chi connectivity index (χ0n) is 13.8. The molecule has 1 aromatic rings. The van der Waals surface area contributed by atoms with Crippen molar-refractivity contribution in [3.05, 3.63) is 36.0 Å². The highest BCUT2D eigenvalue weighted by molar-refractivity contribution is 5.98. The van der Waals surface area contributed by atoms with Crippen molar-refractivity contribution in [2.45, 2.75) is 6.92 Å². The van der Waals surface area contributed by atoms with E-state index < -0.39 is 11.9 Å². The van der Waals surface area contributed by atoms with Crippen molar-refractivity contribution < 1.29 is 28.6 Å². The van der Waals surface area contributed by atoms with Crippen molar-refractivity contribution in [3.63, 3.8) is 0 Å². The molecule has 0 bridgehead atoms. The van der Waals surface area contributed by atoms with E-state index in [1.165, 1.54) is 21.1 Å². The van der Waals surface area contributed by atoms with Crippen molar-refractivity contribution in [1.29, 1.82) is 0 Å². The molecular formula is C16H20N2O6. The second kappa shape index (κ2) is 9.88. The van der Waals surface area contributed by atoms with Crippen LogP contribution in [0.25, 0.3) is 0 Å². The average molecular weight is 336 g/mol. The fourth-order valence-electron chi connectivity index (χ4n) is 1.65. The summed E-state index contributed by atoms with van der Waals surface area (Å²) in [6.07, 6.45) is 0.996. The summed E-state index contributed by atoms with van der Waals surface area (Å²) in [7, 11) is 2.41. The monoisotopic (exact) mass is 336 g/mol. The summed E-state index contributed by atoms with van der Waals surface area (Å²) in [5.74, 6) is -1.000. The van der Waals surface area contributed by atoms with Crippen molar-refractivity contribution >= 4 is 23.5 Å². The minimum atomic E-state index is -0.711. The number of hydrogen-bond donors (Lipinski definition) is 2. The van der Waals surface area contributed by atoms with Gasteiger partial charge in [0.05, 0.1) is 26.8 Å². The van der Waals surface area contributed by atoms with E-state index in [4.69, 9.17) is 4.74 Å². The Labute approximate surface area is 139 Å². The van der Waals surface area contributed by atoms with Crippen LogP contribution in [0.5, 0.6) is 5.75 Å². The molecule has 0 saturated heterocycles. The van der Waals surface area contributed by atoms with E-state index in [0.717, 1.165) is 6.08 Å². The number of carbonyl (C=O) groups is 3. The Morgan fingerprint density at radius 3 is 2.54 bits per heavy atom. The maximum absolute atomic E-state index is 11.7. The number of benzene rings is 1. The first-order chi connectivity index (χ1) is 11.5. The van der Waals surface area contributed by atoms with Gasteiger partial charge in [0.25, 0.3) is 0 Å². The molecular weight excluding hydrogens is 316 g/mol. The van der Waals surface area contributed by atoms with Gasteiger partial charge in [-0.25, -0.2) is 9.59 Å². The number of esters is 2. The normalized spacial score (nSPS) is 10.5. The predicted molar refractivity (Wildman–Crippen MR) is 86.4 cm³/mol. The largest absolute Gasteiger partial charge is 0.492 e. The van der Waals surface area contributed by atoms with E-state index in [0.29, 0.717) is 24.6 Å². The molecule has 2 N–H and O–H groups in total. The zero-order valence-corrected chi connectivity index (χ0v) is 13.8. The van der Waals surface area contributed by atoms with E-state index >= 15 is 0 Å². The van der Waals surface area contributed by atoms with E-state index in [-0.39, 0.29) is 11.6 Å². The minimum absolute atomic E-state index is 0.0697. The van der Waals surface area contributed by atoms with Crippen molar-refractivity contribution in [3.8, 4) is 5.75 Å². The van der Waals surface area contributed by atoms with Crippen molar-refractivity contribution in [2.75, 3.05) is 32.7 Å². The minimum Gasteiger partial charge on any atom is -0.492 e. The van der Waals surface area contributed by atoms with Gasteiger partial charge in [0.2, 0.25) is 5.91 Å².